The van der Waals surface area contributed by atoms with Crippen molar-refractivity contribution in [1.29, 1.82) is 0 Å². The number of carbonyl (C=O) groups excluding carboxylic acids is 2. The zero-order valence-electron chi connectivity index (χ0n) is 16.6. The highest BCUT2D eigenvalue weighted by Gasteiger charge is 2.22. The summed E-state index contributed by atoms with van der Waals surface area (Å²) in [6.07, 6.45) is 5.03. The molecule has 0 atom stereocenters. The third-order valence-corrected chi connectivity index (χ3v) is 5.92. The van der Waals surface area contributed by atoms with Gasteiger partial charge in [-0.25, -0.2) is 10.5 Å². The maximum Gasteiger partial charge on any atom is 0.267 e. The van der Waals surface area contributed by atoms with Crippen LogP contribution in [0.4, 0.5) is 5.69 Å². The van der Waals surface area contributed by atoms with Gasteiger partial charge in [-0.1, -0.05) is 18.2 Å². The van der Waals surface area contributed by atoms with Gasteiger partial charge in [0.25, 0.3) is 5.91 Å². The number of piperidine rings is 1. The zero-order chi connectivity index (χ0) is 20.8. The van der Waals surface area contributed by atoms with Crippen molar-refractivity contribution in [3.63, 3.8) is 0 Å². The van der Waals surface area contributed by atoms with E-state index < -0.39 is 5.91 Å². The van der Waals surface area contributed by atoms with Crippen LogP contribution in [0.3, 0.4) is 0 Å². The van der Waals surface area contributed by atoms with Crippen molar-refractivity contribution in [2.45, 2.75) is 39.2 Å². The molecule has 2 amide bonds. The molecular formula is C21H26N4O3S. The summed E-state index contributed by atoms with van der Waals surface area (Å²) in [5.41, 5.74) is 4.41. The molecule has 3 rings (SSSR count). The van der Waals surface area contributed by atoms with Gasteiger partial charge in [0.1, 0.15) is 0 Å². The second-order valence-electron chi connectivity index (χ2n) is 7.11. The second-order valence-corrected chi connectivity index (χ2v) is 8.52. The number of rotatable bonds is 6. The van der Waals surface area contributed by atoms with E-state index in [1.54, 1.807) is 22.9 Å². The Kier molecular flexibility index (Phi) is 7.00. The van der Waals surface area contributed by atoms with Crippen LogP contribution >= 0.6 is 11.3 Å². The fourth-order valence-corrected chi connectivity index (χ4v) is 4.39. The number of benzene rings is 1. The minimum atomic E-state index is -0.563. The van der Waals surface area contributed by atoms with Crippen LogP contribution in [0.1, 0.15) is 34.0 Å². The van der Waals surface area contributed by atoms with Crippen LogP contribution in [0.5, 0.6) is 0 Å². The van der Waals surface area contributed by atoms with Crippen LogP contribution in [0.25, 0.3) is 6.08 Å². The van der Waals surface area contributed by atoms with Crippen LogP contribution < -0.4 is 15.7 Å². The summed E-state index contributed by atoms with van der Waals surface area (Å²) in [6, 6.07) is 7.98. The summed E-state index contributed by atoms with van der Waals surface area (Å²) in [5.74, 6) is -0.540. The van der Waals surface area contributed by atoms with Gasteiger partial charge in [0.15, 0.2) is 0 Å². The Morgan fingerprint density at radius 2 is 2.00 bits per heavy atom. The number of para-hydroxylation sites is 1. The fourth-order valence-electron chi connectivity index (χ4n) is 3.55. The molecule has 0 radical (unpaired) electrons. The Labute approximate surface area is 174 Å². The molecule has 1 aromatic carbocycles. The maximum atomic E-state index is 12.4. The molecular weight excluding hydrogens is 388 g/mol. The van der Waals surface area contributed by atoms with Gasteiger partial charge in [0, 0.05) is 35.8 Å². The van der Waals surface area contributed by atoms with Crippen LogP contribution in [-0.4, -0.2) is 41.1 Å². The van der Waals surface area contributed by atoms with Gasteiger partial charge in [-0.05, 0) is 44.4 Å². The molecule has 0 unspecified atom stereocenters. The Hall–Kier alpha value is -2.71. The van der Waals surface area contributed by atoms with Crippen molar-refractivity contribution in [2.75, 3.05) is 18.0 Å². The second kappa shape index (κ2) is 9.67. The number of carbonyl (C=O) groups is 2. The first-order valence-corrected chi connectivity index (χ1v) is 10.5. The number of anilines is 1. The third kappa shape index (κ3) is 5.65. The molecule has 154 valence electrons. The highest BCUT2D eigenvalue weighted by Crippen LogP contribution is 2.25. The average Bonchev–Trinajstić information content (AvgIpc) is 3.03. The van der Waals surface area contributed by atoms with Crippen molar-refractivity contribution in [3.05, 3.63) is 51.5 Å². The predicted octanol–water partition coefficient (Wildman–Crippen LogP) is 2.61. The quantitative estimate of drug-likeness (QED) is 0.384. The van der Waals surface area contributed by atoms with Crippen molar-refractivity contribution in [3.8, 4) is 0 Å². The molecule has 8 heteroatoms. The Morgan fingerprint density at radius 3 is 2.66 bits per heavy atom. The van der Waals surface area contributed by atoms with Gasteiger partial charge in [0.2, 0.25) is 5.91 Å². The van der Waals surface area contributed by atoms with E-state index >= 15 is 0 Å². The van der Waals surface area contributed by atoms with Crippen molar-refractivity contribution in [2.24, 2.45) is 0 Å². The van der Waals surface area contributed by atoms with Crippen molar-refractivity contribution in [1.82, 2.24) is 15.8 Å². The minimum absolute atomic E-state index is 0.0233. The topological polar surface area (TPSA) is 94.6 Å². The number of nitrogens with zero attached hydrogens (tertiary/aromatic N) is 2. The van der Waals surface area contributed by atoms with E-state index in [0.717, 1.165) is 52.8 Å². The van der Waals surface area contributed by atoms with E-state index in [-0.39, 0.29) is 11.9 Å². The zero-order valence-corrected chi connectivity index (χ0v) is 17.5. The number of aryl methyl sites for hydroxylation is 2. The molecule has 2 aromatic rings. The molecule has 0 aliphatic carbocycles. The first kappa shape index (κ1) is 21.0. The van der Waals surface area contributed by atoms with Crippen molar-refractivity contribution < 1.29 is 14.8 Å². The smallest absolute Gasteiger partial charge is 0.267 e. The number of nitrogens with one attached hydrogen (secondary N) is 2. The van der Waals surface area contributed by atoms with E-state index in [4.69, 9.17) is 5.21 Å². The highest BCUT2D eigenvalue weighted by molar-refractivity contribution is 7.11. The van der Waals surface area contributed by atoms with E-state index in [0.29, 0.717) is 6.42 Å². The van der Waals surface area contributed by atoms with Gasteiger partial charge in [-0.2, -0.15) is 0 Å². The van der Waals surface area contributed by atoms with E-state index in [9.17, 15) is 9.59 Å². The lowest BCUT2D eigenvalue weighted by Gasteiger charge is -2.34. The van der Waals surface area contributed by atoms with Crippen LogP contribution in [0.15, 0.2) is 30.3 Å². The van der Waals surface area contributed by atoms with Gasteiger partial charge >= 0.3 is 0 Å². The number of thiazole rings is 1. The average molecular weight is 415 g/mol. The lowest BCUT2D eigenvalue weighted by Crippen LogP contribution is -2.45. The molecule has 3 N–H and O–H groups in total. The summed E-state index contributed by atoms with van der Waals surface area (Å²) >= 11 is 1.62. The number of aromatic nitrogens is 1. The van der Waals surface area contributed by atoms with E-state index in [1.165, 1.54) is 6.08 Å². The van der Waals surface area contributed by atoms with E-state index in [1.807, 2.05) is 38.1 Å². The first-order valence-electron chi connectivity index (χ1n) is 9.64. The molecule has 1 aliphatic heterocycles. The van der Waals surface area contributed by atoms with Crippen LogP contribution in [0.2, 0.25) is 0 Å². The van der Waals surface area contributed by atoms with Gasteiger partial charge in [-0.15, -0.1) is 11.3 Å². The van der Waals surface area contributed by atoms with Crippen molar-refractivity contribution >= 4 is 34.9 Å². The molecule has 0 spiro atoms. The summed E-state index contributed by atoms with van der Waals surface area (Å²) in [5, 5.41) is 12.8. The molecule has 1 aliphatic rings. The maximum absolute atomic E-state index is 12.4. The molecule has 2 heterocycles. The van der Waals surface area contributed by atoms with Crippen LogP contribution in [-0.2, 0) is 16.0 Å². The Balaban J connectivity index is 1.55. The summed E-state index contributed by atoms with van der Waals surface area (Å²) < 4.78 is 0. The SMILES string of the molecule is Cc1nc(CC(=O)NC2CCN(c3ccccc3/C=C/C(=O)NO)CC2)c(C)s1. The predicted molar refractivity (Wildman–Crippen MR) is 114 cm³/mol. The molecule has 1 aromatic heterocycles. The number of hydroxylamine groups is 1. The number of hydrogen-bond acceptors (Lipinski definition) is 6. The standard InChI is InChI=1S/C21H26N4O3S/c1-14-18(22-15(2)29-14)13-21(27)23-17-9-11-25(12-10-17)19-6-4-3-5-16(19)7-8-20(26)24-28/h3-8,17,28H,9-13H2,1-2H3,(H,23,27)(H,24,26)/b8-7+. The third-order valence-electron chi connectivity index (χ3n) is 4.99. The molecule has 0 saturated carbocycles. The fraction of sp³-hybridized carbons (Fsp3) is 0.381. The lowest BCUT2D eigenvalue weighted by molar-refractivity contribution is -0.124. The van der Waals surface area contributed by atoms with Crippen LogP contribution in [0, 0.1) is 13.8 Å². The van der Waals surface area contributed by atoms with Gasteiger partial charge in [0.05, 0.1) is 17.1 Å². The number of amides is 2. The molecule has 1 fully saturated rings. The van der Waals surface area contributed by atoms with Gasteiger partial charge < -0.3 is 10.2 Å². The first-order chi connectivity index (χ1) is 14.0. The Bertz CT molecular complexity index is 901. The monoisotopic (exact) mass is 414 g/mol. The minimum Gasteiger partial charge on any atom is -0.371 e. The Morgan fingerprint density at radius 1 is 1.28 bits per heavy atom. The summed E-state index contributed by atoms with van der Waals surface area (Å²) in [7, 11) is 0. The van der Waals surface area contributed by atoms with Gasteiger partial charge in [-0.3, -0.25) is 14.8 Å². The van der Waals surface area contributed by atoms with E-state index in [2.05, 4.69) is 15.2 Å². The summed E-state index contributed by atoms with van der Waals surface area (Å²) in [4.78, 5) is 31.5. The largest absolute Gasteiger partial charge is 0.371 e. The normalized spacial score (nSPS) is 14.9. The molecule has 0 bridgehead atoms. The lowest BCUT2D eigenvalue weighted by atomic mass is 10.0. The molecule has 29 heavy (non-hydrogen) atoms. The summed E-state index contributed by atoms with van der Waals surface area (Å²) in [6.45, 7) is 5.59. The molecule has 1 saturated heterocycles. The number of hydrogen-bond donors (Lipinski definition) is 3. The highest BCUT2D eigenvalue weighted by atomic mass is 32.1. The molecule has 7 nitrogen and oxygen atoms in total.